The summed E-state index contributed by atoms with van der Waals surface area (Å²) >= 11 is 10.2. The minimum atomic E-state index is 0.303. The highest BCUT2D eigenvalue weighted by molar-refractivity contribution is 8.77. The van der Waals surface area contributed by atoms with Crippen molar-refractivity contribution in [3.05, 3.63) is 0 Å². The molecule has 1 saturated carbocycles. The van der Waals surface area contributed by atoms with Crippen LogP contribution in [0.2, 0.25) is 0 Å². The summed E-state index contributed by atoms with van der Waals surface area (Å²) in [6, 6.07) is 0. The summed E-state index contributed by atoms with van der Waals surface area (Å²) in [6.45, 7) is 27.7. The molecule has 0 bridgehead atoms. The molecule has 0 N–H and O–H groups in total. The van der Waals surface area contributed by atoms with Gasteiger partial charge >= 0.3 is 0 Å². The maximum absolute atomic E-state index is 5.12. The highest BCUT2D eigenvalue weighted by Gasteiger charge is 2.50. The summed E-state index contributed by atoms with van der Waals surface area (Å²) < 4.78 is 0.303. The molecule has 0 radical (unpaired) electrons. The van der Waals surface area contributed by atoms with Crippen molar-refractivity contribution in [3.8, 4) is 0 Å². The van der Waals surface area contributed by atoms with Crippen LogP contribution in [0.25, 0.3) is 0 Å². The van der Waals surface area contributed by atoms with Gasteiger partial charge in [0.15, 0.2) is 0 Å². The van der Waals surface area contributed by atoms with E-state index in [2.05, 4.69) is 90.8 Å². The molecule has 0 aromatic rings. The van der Waals surface area contributed by atoms with Crippen molar-refractivity contribution in [3.63, 3.8) is 0 Å². The molecule has 0 saturated heterocycles. The standard InChI is InChI=1S/C20H40S4.C2H6/c1-11(2)20(9,10)24-23-14(5)15-17(21)12(3)16(19(6,7)8)13(4)18(15)22;1-2/h11-18,21-22H,1-10H3;1-2H3. The second kappa shape index (κ2) is 11.0. The lowest BCUT2D eigenvalue weighted by Crippen LogP contribution is -2.53. The molecule has 1 aliphatic rings. The van der Waals surface area contributed by atoms with Gasteiger partial charge in [0.05, 0.1) is 0 Å². The number of hydrogen-bond acceptors (Lipinski definition) is 4. The topological polar surface area (TPSA) is 0 Å². The predicted octanol–water partition coefficient (Wildman–Crippen LogP) is 8.38. The average molecular weight is 439 g/mol. The molecule has 5 unspecified atom stereocenters. The average Bonchev–Trinajstić information content (AvgIpc) is 2.52. The Morgan fingerprint density at radius 1 is 0.808 bits per heavy atom. The molecule has 1 rings (SSSR count). The molecule has 0 nitrogen and oxygen atoms in total. The summed E-state index contributed by atoms with van der Waals surface area (Å²) in [5, 5.41) is 1.43. The van der Waals surface area contributed by atoms with Crippen molar-refractivity contribution < 1.29 is 0 Å². The Morgan fingerprint density at radius 3 is 1.50 bits per heavy atom. The predicted molar refractivity (Wildman–Crippen MR) is 135 cm³/mol. The minimum Gasteiger partial charge on any atom is -0.175 e. The van der Waals surface area contributed by atoms with Crippen molar-refractivity contribution in [1.82, 2.24) is 0 Å². The highest BCUT2D eigenvalue weighted by atomic mass is 33.1. The Labute approximate surface area is 184 Å². The molecule has 0 aliphatic heterocycles. The molecule has 1 aliphatic carbocycles. The molecule has 4 heteroatoms. The third kappa shape index (κ3) is 6.73. The van der Waals surface area contributed by atoms with Crippen LogP contribution in [0, 0.1) is 35.0 Å². The fourth-order valence-electron chi connectivity index (χ4n) is 4.30. The Hall–Kier alpha value is 1.40. The van der Waals surface area contributed by atoms with Gasteiger partial charge < -0.3 is 0 Å². The van der Waals surface area contributed by atoms with Crippen LogP contribution in [0.4, 0.5) is 0 Å². The summed E-state index contributed by atoms with van der Waals surface area (Å²) in [7, 11) is 4.11. The summed E-state index contributed by atoms with van der Waals surface area (Å²) in [4.78, 5) is 0. The van der Waals surface area contributed by atoms with E-state index in [-0.39, 0.29) is 0 Å². The normalized spacial score (nSPS) is 34.3. The van der Waals surface area contributed by atoms with Gasteiger partial charge in [-0.05, 0) is 48.9 Å². The molecule has 158 valence electrons. The van der Waals surface area contributed by atoms with E-state index in [1.807, 2.05) is 13.8 Å². The monoisotopic (exact) mass is 438 g/mol. The Kier molecular flexibility index (Phi) is 11.6. The zero-order valence-corrected chi connectivity index (χ0v) is 22.8. The van der Waals surface area contributed by atoms with Crippen LogP contribution >= 0.6 is 46.8 Å². The molecule has 0 aromatic carbocycles. The third-order valence-electron chi connectivity index (χ3n) is 6.35. The van der Waals surface area contributed by atoms with Crippen LogP contribution in [0.3, 0.4) is 0 Å². The van der Waals surface area contributed by atoms with Crippen LogP contribution in [-0.4, -0.2) is 20.5 Å². The number of hydrogen-bond donors (Lipinski definition) is 2. The van der Waals surface area contributed by atoms with E-state index in [1.165, 1.54) is 0 Å². The Morgan fingerprint density at radius 2 is 1.19 bits per heavy atom. The van der Waals surface area contributed by atoms with Gasteiger partial charge in [0.1, 0.15) is 0 Å². The summed E-state index contributed by atoms with van der Waals surface area (Å²) in [5.74, 6) is 3.16. The fourth-order valence-corrected chi connectivity index (χ4v) is 9.15. The molecule has 0 heterocycles. The second-order valence-electron chi connectivity index (χ2n) is 9.81. The van der Waals surface area contributed by atoms with Gasteiger partial charge in [0.25, 0.3) is 0 Å². The van der Waals surface area contributed by atoms with Crippen molar-refractivity contribution in [2.75, 3.05) is 0 Å². The maximum atomic E-state index is 5.12. The van der Waals surface area contributed by atoms with Gasteiger partial charge in [-0.2, -0.15) is 25.3 Å². The molecule has 0 amide bonds. The molecular weight excluding hydrogens is 393 g/mol. The van der Waals surface area contributed by atoms with E-state index < -0.39 is 0 Å². The van der Waals surface area contributed by atoms with Crippen molar-refractivity contribution in [2.45, 2.75) is 104 Å². The zero-order valence-electron chi connectivity index (χ0n) is 19.3. The fraction of sp³-hybridized carbons (Fsp3) is 1.00. The number of thiol groups is 2. The lowest BCUT2D eigenvalue weighted by atomic mass is 9.59. The van der Waals surface area contributed by atoms with Gasteiger partial charge in [-0.15, -0.1) is 0 Å². The van der Waals surface area contributed by atoms with E-state index in [1.54, 1.807) is 0 Å². The first-order valence-corrected chi connectivity index (χ1v) is 13.7. The summed E-state index contributed by atoms with van der Waals surface area (Å²) in [5.41, 5.74) is 0.316. The molecule has 0 spiro atoms. The van der Waals surface area contributed by atoms with Crippen molar-refractivity contribution >= 4 is 46.8 Å². The van der Waals surface area contributed by atoms with Crippen LogP contribution in [0.5, 0.6) is 0 Å². The highest BCUT2D eigenvalue weighted by Crippen LogP contribution is 2.54. The van der Waals surface area contributed by atoms with Gasteiger partial charge in [0, 0.05) is 20.5 Å². The Balaban J connectivity index is 0.00000301. The molecular formula is C22H46S4. The lowest BCUT2D eigenvalue weighted by Gasteiger charge is -2.53. The van der Waals surface area contributed by atoms with Gasteiger partial charge in [0.2, 0.25) is 0 Å². The second-order valence-corrected chi connectivity index (χ2v) is 14.2. The van der Waals surface area contributed by atoms with E-state index in [0.717, 1.165) is 0 Å². The lowest BCUT2D eigenvalue weighted by molar-refractivity contribution is 0.0504. The van der Waals surface area contributed by atoms with E-state index >= 15 is 0 Å². The molecule has 0 aromatic heterocycles. The summed E-state index contributed by atoms with van der Waals surface area (Å²) in [6.07, 6.45) is 0. The SMILES string of the molecule is CC.CC(SSC(C)(C)C(C)C)C1C(S)C(C)C(C(C)(C)C)C(C)C1S. The first-order valence-electron chi connectivity index (χ1n) is 10.4. The van der Waals surface area contributed by atoms with Crippen LogP contribution in [-0.2, 0) is 0 Å². The largest absolute Gasteiger partial charge is 0.175 e. The smallest absolute Gasteiger partial charge is 0.0230 e. The number of rotatable bonds is 5. The molecule has 1 fully saturated rings. The third-order valence-corrected chi connectivity index (χ3v) is 12.1. The zero-order chi connectivity index (χ0) is 21.0. The van der Waals surface area contributed by atoms with Gasteiger partial charge in [-0.3, -0.25) is 0 Å². The first kappa shape index (κ1) is 27.4. The van der Waals surface area contributed by atoms with Crippen molar-refractivity contribution in [1.29, 1.82) is 0 Å². The first-order chi connectivity index (χ1) is 11.7. The van der Waals surface area contributed by atoms with Crippen LogP contribution in [0.15, 0.2) is 0 Å². The van der Waals surface area contributed by atoms with Crippen molar-refractivity contribution in [2.24, 2.45) is 35.0 Å². The van der Waals surface area contributed by atoms with Crippen LogP contribution < -0.4 is 0 Å². The quantitative estimate of drug-likeness (QED) is 0.327. The van der Waals surface area contributed by atoms with E-state index in [0.29, 0.717) is 55.5 Å². The van der Waals surface area contributed by atoms with E-state index in [4.69, 9.17) is 25.3 Å². The maximum Gasteiger partial charge on any atom is 0.0230 e. The van der Waals surface area contributed by atoms with Crippen LogP contribution in [0.1, 0.15) is 83.1 Å². The molecule has 5 atom stereocenters. The van der Waals surface area contributed by atoms with Gasteiger partial charge in [-0.1, -0.05) is 90.8 Å². The molecule has 26 heavy (non-hydrogen) atoms. The Bertz CT molecular complexity index is 383. The van der Waals surface area contributed by atoms with Gasteiger partial charge in [-0.25, -0.2) is 0 Å². The van der Waals surface area contributed by atoms with E-state index in [9.17, 15) is 0 Å². The minimum absolute atomic E-state index is 0.303.